The molecule has 0 saturated carbocycles. The third-order valence-electron chi connectivity index (χ3n) is 3.89. The summed E-state index contributed by atoms with van der Waals surface area (Å²) in [5.74, 6) is -1.25. The van der Waals surface area contributed by atoms with Crippen LogP contribution in [0.2, 0.25) is 0 Å². The molecule has 0 spiro atoms. The molecule has 4 N–H and O–H groups in total. The van der Waals surface area contributed by atoms with Gasteiger partial charge in [-0.1, -0.05) is 28.1 Å². The number of nitrogens with one attached hydrogen (secondary N) is 2. The van der Waals surface area contributed by atoms with E-state index in [-0.39, 0.29) is 10.6 Å². The van der Waals surface area contributed by atoms with E-state index in [1.54, 1.807) is 18.2 Å². The van der Waals surface area contributed by atoms with E-state index in [1.807, 2.05) is 6.07 Å². The Morgan fingerprint density at radius 2 is 1.86 bits per heavy atom. The van der Waals surface area contributed by atoms with Crippen molar-refractivity contribution in [3.8, 4) is 0 Å². The average molecular weight is 479 g/mol. The first-order valence-corrected chi connectivity index (χ1v) is 10.5. The van der Waals surface area contributed by atoms with E-state index < -0.39 is 34.4 Å². The number of hydrogen-bond acceptors (Lipinski definition) is 5. The van der Waals surface area contributed by atoms with Crippen molar-refractivity contribution in [2.45, 2.75) is 4.90 Å². The maximum Gasteiger partial charge on any atom is 0.329 e. The molecule has 150 valence electrons. The number of halogens is 1. The van der Waals surface area contributed by atoms with Crippen LogP contribution < -0.4 is 15.8 Å². The van der Waals surface area contributed by atoms with Crippen molar-refractivity contribution in [3.05, 3.63) is 64.3 Å². The van der Waals surface area contributed by atoms with Gasteiger partial charge in [-0.05, 0) is 48.0 Å². The van der Waals surface area contributed by atoms with Crippen molar-refractivity contribution in [1.82, 2.24) is 10.2 Å². The summed E-state index contributed by atoms with van der Waals surface area (Å²) in [6, 6.07) is 11.6. The zero-order chi connectivity index (χ0) is 21.2. The maximum absolute atomic E-state index is 12.5. The number of sulfonamides is 1. The number of carbonyl (C=O) groups excluding carboxylic acids is 3. The second kappa shape index (κ2) is 8.15. The Kier molecular flexibility index (Phi) is 5.82. The van der Waals surface area contributed by atoms with Crippen LogP contribution in [-0.4, -0.2) is 37.7 Å². The standard InChI is InChI=1S/C18H15BrN4O5S/c19-12-3-1-2-11(8-12)9-15-17(25)23(18(26)22-15)10-16(24)21-13-4-6-14(7-5-13)29(20,27)28/h1-9H,10H2,(H,21,24)(H,22,26)(H2,20,27,28)/b15-9-. The quantitative estimate of drug-likeness (QED) is 0.442. The molecule has 0 bridgehead atoms. The van der Waals surface area contributed by atoms with Crippen LogP contribution in [0.25, 0.3) is 6.08 Å². The number of rotatable bonds is 5. The lowest BCUT2D eigenvalue weighted by molar-refractivity contribution is -0.127. The zero-order valence-electron chi connectivity index (χ0n) is 14.8. The van der Waals surface area contributed by atoms with Crippen LogP contribution in [0.1, 0.15) is 5.56 Å². The zero-order valence-corrected chi connectivity index (χ0v) is 17.2. The minimum atomic E-state index is -3.84. The van der Waals surface area contributed by atoms with Crippen LogP contribution in [0.15, 0.2) is 63.6 Å². The summed E-state index contributed by atoms with van der Waals surface area (Å²) in [5.41, 5.74) is 1.04. The number of carbonyl (C=O) groups is 3. The van der Waals surface area contributed by atoms with Crippen molar-refractivity contribution in [3.63, 3.8) is 0 Å². The van der Waals surface area contributed by atoms with Crippen molar-refractivity contribution in [2.24, 2.45) is 5.14 Å². The Balaban J connectivity index is 1.67. The molecule has 1 heterocycles. The van der Waals surface area contributed by atoms with Gasteiger partial charge in [-0.25, -0.2) is 23.3 Å². The Labute approximate surface area is 174 Å². The molecule has 11 heteroatoms. The highest BCUT2D eigenvalue weighted by Gasteiger charge is 2.34. The number of anilines is 1. The van der Waals surface area contributed by atoms with E-state index in [0.29, 0.717) is 11.3 Å². The van der Waals surface area contributed by atoms with Gasteiger partial charge >= 0.3 is 6.03 Å². The molecule has 1 aliphatic heterocycles. The highest BCUT2D eigenvalue weighted by Crippen LogP contribution is 2.18. The highest BCUT2D eigenvalue weighted by atomic mass is 79.9. The van der Waals surface area contributed by atoms with Crippen LogP contribution >= 0.6 is 15.9 Å². The fraction of sp³-hybridized carbons (Fsp3) is 0.0556. The Morgan fingerprint density at radius 3 is 2.48 bits per heavy atom. The van der Waals surface area contributed by atoms with E-state index in [1.165, 1.54) is 30.3 Å². The van der Waals surface area contributed by atoms with E-state index in [9.17, 15) is 22.8 Å². The third kappa shape index (κ3) is 5.08. The van der Waals surface area contributed by atoms with Gasteiger partial charge in [0, 0.05) is 10.2 Å². The van der Waals surface area contributed by atoms with Crippen molar-refractivity contribution < 1.29 is 22.8 Å². The lowest BCUT2D eigenvalue weighted by Crippen LogP contribution is -2.38. The van der Waals surface area contributed by atoms with Gasteiger partial charge < -0.3 is 10.6 Å². The monoisotopic (exact) mass is 478 g/mol. The first-order chi connectivity index (χ1) is 13.6. The SMILES string of the molecule is NS(=O)(=O)c1ccc(NC(=O)CN2C(=O)N/C(=C\c3cccc(Br)c3)C2=O)cc1. The van der Waals surface area contributed by atoms with Gasteiger partial charge in [-0.15, -0.1) is 0 Å². The number of primary sulfonamides is 1. The topological polar surface area (TPSA) is 139 Å². The van der Waals surface area contributed by atoms with Crippen molar-refractivity contribution in [2.75, 3.05) is 11.9 Å². The summed E-state index contributed by atoms with van der Waals surface area (Å²) in [6.07, 6.45) is 1.51. The number of urea groups is 1. The van der Waals surface area contributed by atoms with Crippen LogP contribution in [0.4, 0.5) is 10.5 Å². The smallest absolute Gasteiger partial charge is 0.325 e. The Morgan fingerprint density at radius 1 is 1.17 bits per heavy atom. The van der Waals surface area contributed by atoms with Gasteiger partial charge in [0.25, 0.3) is 5.91 Å². The number of nitrogens with two attached hydrogens (primary N) is 1. The van der Waals surface area contributed by atoms with Crippen molar-refractivity contribution >= 4 is 55.6 Å². The van der Waals surface area contributed by atoms with E-state index >= 15 is 0 Å². The van der Waals surface area contributed by atoms with Gasteiger partial charge in [-0.2, -0.15) is 0 Å². The van der Waals surface area contributed by atoms with Gasteiger partial charge in [-0.3, -0.25) is 9.59 Å². The molecular formula is C18H15BrN4O5S. The molecule has 0 radical (unpaired) electrons. The molecule has 4 amide bonds. The summed E-state index contributed by atoms with van der Waals surface area (Å²) in [5, 5.41) is 9.94. The highest BCUT2D eigenvalue weighted by molar-refractivity contribution is 9.10. The van der Waals surface area contributed by atoms with Crippen LogP contribution in [-0.2, 0) is 19.6 Å². The summed E-state index contributed by atoms with van der Waals surface area (Å²) >= 11 is 3.32. The Hall–Kier alpha value is -3.02. The van der Waals surface area contributed by atoms with E-state index in [0.717, 1.165) is 9.37 Å². The normalized spacial score (nSPS) is 15.5. The largest absolute Gasteiger partial charge is 0.329 e. The fourth-order valence-corrected chi connectivity index (χ4v) is 3.48. The molecule has 2 aromatic carbocycles. The number of hydrogen-bond donors (Lipinski definition) is 3. The molecular weight excluding hydrogens is 464 g/mol. The molecule has 0 aromatic heterocycles. The van der Waals surface area contributed by atoms with Crippen molar-refractivity contribution in [1.29, 1.82) is 0 Å². The van der Waals surface area contributed by atoms with Gasteiger partial charge in [0.1, 0.15) is 12.2 Å². The summed E-state index contributed by atoms with van der Waals surface area (Å²) < 4.78 is 23.3. The Bertz CT molecular complexity index is 1130. The van der Waals surface area contributed by atoms with E-state index in [4.69, 9.17) is 5.14 Å². The molecule has 1 saturated heterocycles. The lowest BCUT2D eigenvalue weighted by atomic mass is 10.2. The lowest BCUT2D eigenvalue weighted by Gasteiger charge is -2.12. The molecule has 1 aliphatic rings. The molecule has 0 atom stereocenters. The first-order valence-electron chi connectivity index (χ1n) is 8.16. The summed E-state index contributed by atoms with van der Waals surface area (Å²) in [4.78, 5) is 37.4. The summed E-state index contributed by atoms with van der Waals surface area (Å²) in [6.45, 7) is -0.503. The molecule has 0 unspecified atom stereocenters. The molecule has 9 nitrogen and oxygen atoms in total. The fourth-order valence-electron chi connectivity index (χ4n) is 2.55. The third-order valence-corrected chi connectivity index (χ3v) is 5.31. The predicted molar refractivity (Wildman–Crippen MR) is 109 cm³/mol. The second-order valence-electron chi connectivity index (χ2n) is 6.05. The van der Waals surface area contributed by atoms with Crippen LogP contribution in [0, 0.1) is 0 Å². The van der Waals surface area contributed by atoms with Gasteiger partial charge in [0.2, 0.25) is 15.9 Å². The number of nitrogens with zero attached hydrogens (tertiary/aromatic N) is 1. The minimum absolute atomic E-state index is 0.0541. The van der Waals surface area contributed by atoms with Gasteiger partial charge in [0.15, 0.2) is 0 Å². The van der Waals surface area contributed by atoms with E-state index in [2.05, 4.69) is 26.6 Å². The van der Waals surface area contributed by atoms with Gasteiger partial charge in [0.05, 0.1) is 4.90 Å². The van der Waals surface area contributed by atoms with Crippen LogP contribution in [0.3, 0.4) is 0 Å². The first kappa shape index (κ1) is 20.7. The molecule has 3 rings (SSSR count). The predicted octanol–water partition coefficient (Wildman–Crippen LogP) is 1.63. The number of benzene rings is 2. The minimum Gasteiger partial charge on any atom is -0.325 e. The number of imide groups is 1. The average Bonchev–Trinajstić information content (AvgIpc) is 2.89. The molecule has 0 aliphatic carbocycles. The maximum atomic E-state index is 12.5. The van der Waals surface area contributed by atoms with Crippen LogP contribution in [0.5, 0.6) is 0 Å². The second-order valence-corrected chi connectivity index (χ2v) is 8.53. The molecule has 29 heavy (non-hydrogen) atoms. The number of amides is 4. The summed E-state index contributed by atoms with van der Waals surface area (Å²) in [7, 11) is -3.84. The molecule has 1 fully saturated rings. The molecule has 2 aromatic rings.